The zero-order valence-electron chi connectivity index (χ0n) is 9.63. The molecule has 0 aromatic heterocycles. The molecule has 1 amide bonds. The van der Waals surface area contributed by atoms with Crippen LogP contribution in [0.5, 0.6) is 11.5 Å². The average molecular weight is 259 g/mol. The zero-order valence-corrected chi connectivity index (χ0v) is 10.4. The van der Waals surface area contributed by atoms with Gasteiger partial charge in [0.15, 0.2) is 11.5 Å². The highest BCUT2D eigenvalue weighted by Gasteiger charge is 2.39. The Hall–Kier alpha value is -1.76. The first-order valence-corrected chi connectivity index (χ1v) is 6.39. The Bertz CT molecular complexity index is 564. The number of hydrogen-bond acceptors (Lipinski definition) is 5. The normalized spacial score (nSPS) is 16.2. The predicted molar refractivity (Wildman–Crippen MR) is 60.4 cm³/mol. The Morgan fingerprint density at radius 2 is 1.59 bits per heavy atom. The molecule has 17 heavy (non-hydrogen) atoms. The van der Waals surface area contributed by atoms with Crippen molar-refractivity contribution in [2.24, 2.45) is 0 Å². The van der Waals surface area contributed by atoms with Crippen molar-refractivity contribution in [3.63, 3.8) is 0 Å². The van der Waals surface area contributed by atoms with Gasteiger partial charge in [-0.05, 0) is 6.07 Å². The number of rotatable bonds is 0. The number of sulfonamides is 1. The van der Waals surface area contributed by atoms with E-state index in [0.29, 0.717) is 4.31 Å². The molecule has 1 heterocycles. The van der Waals surface area contributed by atoms with Gasteiger partial charge in [0.1, 0.15) is 4.90 Å². The van der Waals surface area contributed by atoms with Gasteiger partial charge in [0.2, 0.25) is 0 Å². The summed E-state index contributed by atoms with van der Waals surface area (Å²) in [6.07, 6.45) is 0. The minimum Gasteiger partial charge on any atom is -0.504 e. The van der Waals surface area contributed by atoms with Gasteiger partial charge in [-0.3, -0.25) is 4.79 Å². The van der Waals surface area contributed by atoms with Crippen molar-refractivity contribution in [3.05, 3.63) is 17.7 Å². The van der Waals surface area contributed by atoms with Gasteiger partial charge in [-0.2, -0.15) is 0 Å². The van der Waals surface area contributed by atoms with Crippen LogP contribution in [0.4, 0.5) is 0 Å². The first kappa shape index (κ1) is 13.3. The van der Waals surface area contributed by atoms with Crippen molar-refractivity contribution in [2.45, 2.75) is 18.7 Å². The molecule has 0 saturated carbocycles. The van der Waals surface area contributed by atoms with Crippen LogP contribution in [0, 0.1) is 0 Å². The van der Waals surface area contributed by atoms with Crippen molar-refractivity contribution in [2.75, 3.05) is 7.05 Å². The second-order valence-corrected chi connectivity index (χ2v) is 5.05. The maximum atomic E-state index is 11.6. The van der Waals surface area contributed by atoms with Gasteiger partial charge in [-0.25, -0.2) is 12.7 Å². The van der Waals surface area contributed by atoms with Gasteiger partial charge < -0.3 is 10.2 Å². The number of hydrogen-bond donors (Lipinski definition) is 2. The van der Waals surface area contributed by atoms with Crippen molar-refractivity contribution in [1.29, 1.82) is 0 Å². The lowest BCUT2D eigenvalue weighted by Gasteiger charge is -2.05. The summed E-state index contributed by atoms with van der Waals surface area (Å²) in [6.45, 7) is 4.00. The standard InChI is InChI=1S/C8H7NO5S.C2H6/c1-9-8(12)4-2-5(10)6(11)3-7(4)15(9,13)14;1-2/h2-3,10-11H,1H3;1-2H3. The summed E-state index contributed by atoms with van der Waals surface area (Å²) in [5.41, 5.74) is -0.132. The molecule has 2 rings (SSSR count). The summed E-state index contributed by atoms with van der Waals surface area (Å²) >= 11 is 0. The van der Waals surface area contributed by atoms with E-state index in [2.05, 4.69) is 0 Å². The molecule has 0 radical (unpaired) electrons. The zero-order chi connectivity index (χ0) is 13.4. The lowest BCUT2D eigenvalue weighted by atomic mass is 10.2. The summed E-state index contributed by atoms with van der Waals surface area (Å²) in [4.78, 5) is 11.1. The number of carbonyl (C=O) groups excluding carboxylic acids is 1. The molecule has 0 saturated heterocycles. The molecule has 94 valence electrons. The highest BCUT2D eigenvalue weighted by molar-refractivity contribution is 7.90. The highest BCUT2D eigenvalue weighted by Crippen LogP contribution is 2.36. The van der Waals surface area contributed by atoms with Gasteiger partial charge in [0.05, 0.1) is 5.56 Å². The lowest BCUT2D eigenvalue weighted by Crippen LogP contribution is -2.24. The molecular formula is C10H13NO5S. The van der Waals surface area contributed by atoms with E-state index in [-0.39, 0.29) is 10.5 Å². The third kappa shape index (κ3) is 1.82. The van der Waals surface area contributed by atoms with Crippen LogP contribution in [-0.4, -0.2) is 35.9 Å². The molecular weight excluding hydrogens is 246 g/mol. The van der Waals surface area contributed by atoms with Crippen LogP contribution in [0.2, 0.25) is 0 Å². The Labute approximate surface area is 99.2 Å². The topological polar surface area (TPSA) is 94.9 Å². The van der Waals surface area contributed by atoms with E-state index in [1.165, 1.54) is 0 Å². The number of aromatic hydroxyl groups is 2. The predicted octanol–water partition coefficient (Wildman–Crippen LogP) is 0.898. The van der Waals surface area contributed by atoms with Gasteiger partial charge in [-0.15, -0.1) is 0 Å². The van der Waals surface area contributed by atoms with Crippen LogP contribution < -0.4 is 0 Å². The molecule has 0 atom stereocenters. The first-order chi connectivity index (χ1) is 7.85. The highest BCUT2D eigenvalue weighted by atomic mass is 32.2. The Morgan fingerprint density at radius 3 is 2.12 bits per heavy atom. The van der Waals surface area contributed by atoms with E-state index < -0.39 is 27.4 Å². The van der Waals surface area contributed by atoms with E-state index in [1.54, 1.807) is 0 Å². The molecule has 0 fully saturated rings. The van der Waals surface area contributed by atoms with E-state index in [9.17, 15) is 13.2 Å². The van der Waals surface area contributed by atoms with Crippen molar-refractivity contribution in [1.82, 2.24) is 4.31 Å². The molecule has 0 aliphatic carbocycles. The number of phenols is 2. The third-order valence-corrected chi connectivity index (χ3v) is 4.01. The Kier molecular flexibility index (Phi) is 3.33. The van der Waals surface area contributed by atoms with Crippen LogP contribution in [0.3, 0.4) is 0 Å². The number of nitrogens with zero attached hydrogens (tertiary/aromatic N) is 1. The van der Waals surface area contributed by atoms with Crippen molar-refractivity contribution >= 4 is 15.9 Å². The van der Waals surface area contributed by atoms with Crippen LogP contribution >= 0.6 is 0 Å². The largest absolute Gasteiger partial charge is 0.504 e. The number of benzene rings is 1. The summed E-state index contributed by atoms with van der Waals surface area (Å²) < 4.78 is 23.7. The maximum Gasteiger partial charge on any atom is 0.268 e. The molecule has 1 aromatic rings. The van der Waals surface area contributed by atoms with Crippen LogP contribution in [0.1, 0.15) is 24.2 Å². The molecule has 1 aromatic carbocycles. The molecule has 0 spiro atoms. The minimum atomic E-state index is -3.86. The van der Waals surface area contributed by atoms with E-state index >= 15 is 0 Å². The summed E-state index contributed by atoms with van der Waals surface area (Å²) in [6, 6.07) is 1.80. The molecule has 2 N–H and O–H groups in total. The number of phenolic OH excluding ortho intramolecular Hbond substituents is 2. The quantitative estimate of drug-likeness (QED) is 0.675. The van der Waals surface area contributed by atoms with Crippen molar-refractivity contribution < 1.29 is 23.4 Å². The van der Waals surface area contributed by atoms with Gasteiger partial charge >= 0.3 is 0 Å². The fourth-order valence-electron chi connectivity index (χ4n) is 1.36. The van der Waals surface area contributed by atoms with Crippen molar-refractivity contribution in [3.8, 4) is 11.5 Å². The minimum absolute atomic E-state index is 0.132. The van der Waals surface area contributed by atoms with Crippen LogP contribution in [0.25, 0.3) is 0 Å². The summed E-state index contributed by atoms with van der Waals surface area (Å²) in [5, 5.41) is 18.3. The smallest absolute Gasteiger partial charge is 0.268 e. The fourth-order valence-corrected chi connectivity index (χ4v) is 2.66. The number of carbonyl (C=O) groups is 1. The van der Waals surface area contributed by atoms with Gasteiger partial charge in [0, 0.05) is 13.1 Å². The fraction of sp³-hybridized carbons (Fsp3) is 0.300. The molecule has 7 heteroatoms. The molecule has 1 aliphatic rings. The molecule has 6 nitrogen and oxygen atoms in total. The van der Waals surface area contributed by atoms with E-state index in [4.69, 9.17) is 10.2 Å². The molecule has 0 unspecified atom stereocenters. The Morgan fingerprint density at radius 1 is 1.12 bits per heavy atom. The van der Waals surface area contributed by atoms with Crippen LogP contribution in [-0.2, 0) is 10.0 Å². The second-order valence-electron chi connectivity index (χ2n) is 3.11. The summed E-state index contributed by atoms with van der Waals surface area (Å²) in [5.74, 6) is -1.81. The maximum absolute atomic E-state index is 11.6. The monoisotopic (exact) mass is 259 g/mol. The number of amides is 1. The lowest BCUT2D eigenvalue weighted by molar-refractivity contribution is 0.0891. The number of fused-ring (bicyclic) bond motifs is 1. The second kappa shape index (κ2) is 4.25. The Balaban J connectivity index is 0.000000686. The van der Waals surface area contributed by atoms with Gasteiger partial charge in [-0.1, -0.05) is 13.8 Å². The average Bonchev–Trinajstić information content (AvgIpc) is 2.46. The van der Waals surface area contributed by atoms with E-state index in [0.717, 1.165) is 19.2 Å². The first-order valence-electron chi connectivity index (χ1n) is 4.95. The third-order valence-electron chi connectivity index (χ3n) is 2.23. The summed E-state index contributed by atoms with van der Waals surface area (Å²) in [7, 11) is -2.74. The van der Waals surface area contributed by atoms with Gasteiger partial charge in [0.25, 0.3) is 15.9 Å². The molecule has 0 bridgehead atoms. The van der Waals surface area contributed by atoms with E-state index in [1.807, 2.05) is 13.8 Å². The van der Waals surface area contributed by atoms with Crippen LogP contribution in [0.15, 0.2) is 17.0 Å². The SMILES string of the molecule is CC.CN1C(=O)c2cc(O)c(O)cc2S1(=O)=O. The molecule has 1 aliphatic heterocycles.